The van der Waals surface area contributed by atoms with Crippen molar-refractivity contribution in [2.75, 3.05) is 5.75 Å². The fourth-order valence-electron chi connectivity index (χ4n) is 1.05. The predicted octanol–water partition coefficient (Wildman–Crippen LogP) is 2.53. The van der Waals surface area contributed by atoms with Gasteiger partial charge >= 0.3 is 7.12 Å². The molecule has 2 N–H and O–H groups in total. The minimum absolute atomic E-state index is 0.179. The molecular formula is C11H21BO3SSi. The summed E-state index contributed by atoms with van der Waals surface area (Å²) >= 11 is 1.44. The highest BCUT2D eigenvalue weighted by molar-refractivity contribution is 8.05. The second-order valence-corrected chi connectivity index (χ2v) is 11.6. The molecule has 0 bridgehead atoms. The first-order valence-electron chi connectivity index (χ1n) is 5.71. The molecule has 1 rings (SSSR count). The van der Waals surface area contributed by atoms with E-state index < -0.39 is 15.4 Å². The van der Waals surface area contributed by atoms with Crippen LogP contribution in [0.25, 0.3) is 0 Å². The standard InChI is InChI=1S/C11H21BO3SSi/c1-11(2,3)17(4,5)15-7-9-6-10(12(13)14)16-8-9/h6-7,13-14H,8H2,1-5H3. The van der Waals surface area contributed by atoms with Crippen LogP contribution in [0.3, 0.4) is 0 Å². The van der Waals surface area contributed by atoms with Crippen molar-refractivity contribution in [3.63, 3.8) is 0 Å². The van der Waals surface area contributed by atoms with Gasteiger partial charge in [0.15, 0.2) is 0 Å². The van der Waals surface area contributed by atoms with Gasteiger partial charge in [0.25, 0.3) is 0 Å². The number of allylic oxidation sites excluding steroid dienone is 1. The third-order valence-corrected chi connectivity index (χ3v) is 8.76. The normalized spacial score (nSPS) is 19.5. The van der Waals surface area contributed by atoms with Crippen LogP contribution in [0.2, 0.25) is 18.1 Å². The van der Waals surface area contributed by atoms with Gasteiger partial charge in [0.05, 0.1) is 6.26 Å². The van der Waals surface area contributed by atoms with Crippen molar-refractivity contribution in [1.82, 2.24) is 0 Å². The smallest absolute Gasteiger partial charge is 0.495 e. The molecule has 1 heterocycles. The van der Waals surface area contributed by atoms with Gasteiger partial charge in [0.2, 0.25) is 8.32 Å². The Morgan fingerprint density at radius 1 is 1.41 bits per heavy atom. The Morgan fingerprint density at radius 3 is 2.41 bits per heavy atom. The summed E-state index contributed by atoms with van der Waals surface area (Å²) in [6, 6.07) is 0. The summed E-state index contributed by atoms with van der Waals surface area (Å²) in [4.78, 5) is 0.593. The molecule has 0 unspecified atom stereocenters. The number of hydrogen-bond acceptors (Lipinski definition) is 4. The summed E-state index contributed by atoms with van der Waals surface area (Å²) in [7, 11) is -3.12. The quantitative estimate of drug-likeness (QED) is 0.612. The highest BCUT2D eigenvalue weighted by atomic mass is 32.2. The molecule has 6 heteroatoms. The van der Waals surface area contributed by atoms with Gasteiger partial charge in [-0.05, 0) is 29.8 Å². The zero-order chi connectivity index (χ0) is 13.3. The van der Waals surface area contributed by atoms with Crippen molar-refractivity contribution in [3.05, 3.63) is 22.7 Å². The maximum atomic E-state index is 9.03. The summed E-state index contributed by atoms with van der Waals surface area (Å²) in [6.45, 7) is 11.0. The largest absolute Gasteiger partial charge is 0.549 e. The molecule has 0 saturated carbocycles. The second kappa shape index (κ2) is 5.22. The van der Waals surface area contributed by atoms with E-state index >= 15 is 0 Å². The lowest BCUT2D eigenvalue weighted by Crippen LogP contribution is -2.39. The Labute approximate surface area is 109 Å². The van der Waals surface area contributed by atoms with Crippen molar-refractivity contribution < 1.29 is 14.5 Å². The van der Waals surface area contributed by atoms with Crippen molar-refractivity contribution in [3.8, 4) is 0 Å². The zero-order valence-electron chi connectivity index (χ0n) is 11.2. The summed E-state index contributed by atoms with van der Waals surface area (Å²) in [5.41, 5.74) is 1.02. The molecule has 0 aromatic heterocycles. The minimum Gasteiger partial charge on any atom is -0.549 e. The van der Waals surface area contributed by atoms with E-state index in [2.05, 4.69) is 33.9 Å². The van der Waals surface area contributed by atoms with E-state index in [4.69, 9.17) is 14.5 Å². The third-order valence-electron chi connectivity index (χ3n) is 3.30. The first-order chi connectivity index (χ1) is 7.63. The average molecular weight is 272 g/mol. The highest BCUT2D eigenvalue weighted by Crippen LogP contribution is 2.37. The third kappa shape index (κ3) is 3.91. The molecule has 0 fully saturated rings. The Balaban J connectivity index is 2.68. The molecule has 0 aromatic rings. The Kier molecular flexibility index (Phi) is 4.57. The van der Waals surface area contributed by atoms with Crippen LogP contribution in [0.5, 0.6) is 0 Å². The van der Waals surface area contributed by atoms with Crippen LogP contribution in [0.1, 0.15) is 20.8 Å². The van der Waals surface area contributed by atoms with E-state index in [-0.39, 0.29) is 5.04 Å². The van der Waals surface area contributed by atoms with Crippen LogP contribution < -0.4 is 0 Å². The average Bonchev–Trinajstić information content (AvgIpc) is 2.61. The second-order valence-electron chi connectivity index (χ2n) is 5.78. The molecule has 96 valence electrons. The van der Waals surface area contributed by atoms with Crippen molar-refractivity contribution in [1.29, 1.82) is 0 Å². The summed E-state index contributed by atoms with van der Waals surface area (Å²) in [5, 5.41) is 18.2. The van der Waals surface area contributed by atoms with E-state index in [1.54, 1.807) is 12.3 Å². The lowest BCUT2D eigenvalue weighted by molar-refractivity contribution is 0.422. The predicted molar refractivity (Wildman–Crippen MR) is 77.1 cm³/mol. The monoisotopic (exact) mass is 272 g/mol. The molecule has 0 atom stereocenters. The maximum absolute atomic E-state index is 9.03. The number of rotatable bonds is 3. The summed E-state index contributed by atoms with van der Waals surface area (Å²) in [6.07, 6.45) is 3.59. The van der Waals surface area contributed by atoms with Crippen LogP contribution in [-0.4, -0.2) is 31.2 Å². The summed E-state index contributed by atoms with van der Waals surface area (Å²) in [5.74, 6) is 0.752. The first-order valence-corrected chi connectivity index (χ1v) is 9.60. The SMILES string of the molecule is CC(C)(C)[Si](C)(C)OC=C1C=C(B(O)O)SC1. The lowest BCUT2D eigenvalue weighted by Gasteiger charge is -2.35. The van der Waals surface area contributed by atoms with E-state index in [0.29, 0.717) is 4.80 Å². The molecular weight excluding hydrogens is 251 g/mol. The fourth-order valence-corrected chi connectivity index (χ4v) is 2.72. The van der Waals surface area contributed by atoms with Gasteiger partial charge in [-0.25, -0.2) is 0 Å². The van der Waals surface area contributed by atoms with E-state index in [0.717, 1.165) is 11.3 Å². The molecule has 3 nitrogen and oxygen atoms in total. The molecule has 1 aliphatic heterocycles. The van der Waals surface area contributed by atoms with Crippen molar-refractivity contribution in [2.24, 2.45) is 0 Å². The Hall–Kier alpha value is -0.168. The van der Waals surface area contributed by atoms with Crippen LogP contribution in [0, 0.1) is 0 Å². The van der Waals surface area contributed by atoms with Crippen LogP contribution in [0.4, 0.5) is 0 Å². The van der Waals surface area contributed by atoms with Crippen molar-refractivity contribution >= 4 is 27.2 Å². The van der Waals surface area contributed by atoms with E-state index in [1.165, 1.54) is 11.8 Å². The zero-order valence-corrected chi connectivity index (χ0v) is 13.0. The summed E-state index contributed by atoms with van der Waals surface area (Å²) < 4.78 is 5.96. The fraction of sp³-hybridized carbons (Fsp3) is 0.636. The molecule has 1 aliphatic rings. The maximum Gasteiger partial charge on any atom is 0.495 e. The van der Waals surface area contributed by atoms with Gasteiger partial charge in [-0.1, -0.05) is 20.8 Å². The Bertz CT molecular complexity index is 345. The van der Waals surface area contributed by atoms with Crippen molar-refractivity contribution in [2.45, 2.75) is 38.9 Å². The van der Waals surface area contributed by atoms with Gasteiger partial charge in [-0.3, -0.25) is 0 Å². The van der Waals surface area contributed by atoms with Crippen LogP contribution >= 0.6 is 11.8 Å². The topological polar surface area (TPSA) is 49.7 Å². The molecule has 0 spiro atoms. The van der Waals surface area contributed by atoms with Gasteiger partial charge < -0.3 is 14.5 Å². The molecule has 0 aromatic carbocycles. The van der Waals surface area contributed by atoms with Gasteiger partial charge in [-0.2, -0.15) is 0 Å². The van der Waals surface area contributed by atoms with E-state index in [9.17, 15) is 0 Å². The van der Waals surface area contributed by atoms with Gasteiger partial charge in [-0.15, -0.1) is 11.8 Å². The number of hydrogen-bond donors (Lipinski definition) is 2. The molecule has 0 aliphatic carbocycles. The minimum atomic E-state index is -1.76. The molecule has 17 heavy (non-hydrogen) atoms. The lowest BCUT2D eigenvalue weighted by atomic mass is 9.90. The van der Waals surface area contributed by atoms with E-state index in [1.807, 2.05) is 0 Å². The van der Waals surface area contributed by atoms with Gasteiger partial charge in [0.1, 0.15) is 0 Å². The molecule has 0 radical (unpaired) electrons. The molecule has 0 amide bonds. The van der Waals surface area contributed by atoms with Crippen LogP contribution in [0.15, 0.2) is 22.7 Å². The Morgan fingerprint density at radius 2 is 2.00 bits per heavy atom. The van der Waals surface area contributed by atoms with Crippen LogP contribution in [-0.2, 0) is 4.43 Å². The molecule has 0 saturated heterocycles. The van der Waals surface area contributed by atoms with Gasteiger partial charge in [0, 0.05) is 10.6 Å². The number of thioether (sulfide) groups is 1. The highest BCUT2D eigenvalue weighted by Gasteiger charge is 2.38. The first kappa shape index (κ1) is 14.9.